The fourth-order valence-electron chi connectivity index (χ4n) is 0.732. The quantitative estimate of drug-likeness (QED) is 0.514. The van der Waals surface area contributed by atoms with Gasteiger partial charge in [-0.1, -0.05) is 18.2 Å². The molecule has 0 saturated heterocycles. The summed E-state index contributed by atoms with van der Waals surface area (Å²) in [5.74, 6) is 0. The van der Waals surface area contributed by atoms with Crippen molar-refractivity contribution in [2.45, 2.75) is 6.92 Å². The number of hydrogen-bond donors (Lipinski definition) is 0. The molecule has 0 bridgehead atoms. The van der Waals surface area contributed by atoms with Gasteiger partial charge in [-0.15, -0.1) is 6.58 Å². The zero-order valence-corrected chi connectivity index (χ0v) is 12.5. The summed E-state index contributed by atoms with van der Waals surface area (Å²) in [5.41, 5.74) is 1.91. The fraction of sp³-hybridized carbons (Fsp3) is 0.0833. The van der Waals surface area contributed by atoms with Crippen LogP contribution in [0.4, 0.5) is 5.69 Å². The van der Waals surface area contributed by atoms with E-state index in [1.165, 1.54) is 12.1 Å². The van der Waals surface area contributed by atoms with Crippen molar-refractivity contribution in [1.82, 2.24) is 0 Å². The molecule has 0 unspecified atom stereocenters. The second kappa shape index (κ2) is 11.6. The molecule has 0 atom stereocenters. The van der Waals surface area contributed by atoms with Gasteiger partial charge in [-0.3, -0.25) is 10.1 Å². The summed E-state index contributed by atoms with van der Waals surface area (Å²) in [4.78, 5) is 9.76. The van der Waals surface area contributed by atoms with E-state index in [2.05, 4.69) is 29.5 Å². The molecular weight excluding hydrogens is 421 g/mol. The molecule has 0 aliphatic carbocycles. The molecule has 0 amide bonds. The van der Waals surface area contributed by atoms with E-state index in [9.17, 15) is 10.1 Å². The molecule has 1 radical (unpaired) electrons. The SMILES string of the molecule is C=Cc1ccc([N+](=O)[O-])cc1.[CH2]C(=C)C.[Cl][Pt]. The summed E-state index contributed by atoms with van der Waals surface area (Å²) in [6, 6.07) is 6.23. The van der Waals surface area contributed by atoms with Crippen LogP contribution in [0.3, 0.4) is 0 Å². The fourth-order valence-corrected chi connectivity index (χ4v) is 0.732. The Morgan fingerprint density at radius 3 is 2.00 bits per heavy atom. The number of non-ortho nitro benzene ring substituents is 1. The third kappa shape index (κ3) is 11.3. The van der Waals surface area contributed by atoms with Crippen LogP contribution in [0.2, 0.25) is 0 Å². The number of benzene rings is 1. The van der Waals surface area contributed by atoms with Crippen molar-refractivity contribution in [3.05, 3.63) is 65.6 Å². The van der Waals surface area contributed by atoms with Crippen molar-refractivity contribution in [2.75, 3.05) is 0 Å². The summed E-state index contributed by atoms with van der Waals surface area (Å²) in [7, 11) is 4.61. The van der Waals surface area contributed by atoms with Gasteiger partial charge in [0.05, 0.1) is 4.92 Å². The van der Waals surface area contributed by atoms with Crippen molar-refractivity contribution < 1.29 is 23.7 Å². The normalized spacial score (nSPS) is 7.82. The first-order valence-electron chi connectivity index (χ1n) is 4.43. The summed E-state index contributed by atoms with van der Waals surface area (Å²) in [6.45, 7) is 12.3. The van der Waals surface area contributed by atoms with Crippen LogP contribution in [0.5, 0.6) is 0 Å². The molecule has 0 aromatic heterocycles. The first-order chi connectivity index (χ1) is 7.97. The van der Waals surface area contributed by atoms with Crippen LogP contribution in [0.25, 0.3) is 6.08 Å². The minimum atomic E-state index is -0.424. The first-order valence-corrected chi connectivity index (χ1v) is 7.25. The molecule has 0 heterocycles. The van der Waals surface area contributed by atoms with E-state index in [0.29, 0.717) is 0 Å². The molecule has 0 fully saturated rings. The number of allylic oxidation sites excluding steroid dienone is 1. The van der Waals surface area contributed by atoms with Crippen LogP contribution in [0.1, 0.15) is 12.5 Å². The Kier molecular flexibility index (Phi) is 12.5. The summed E-state index contributed by atoms with van der Waals surface area (Å²) in [6.07, 6.45) is 1.64. The molecule has 96 valence electrons. The van der Waals surface area contributed by atoms with Crippen LogP contribution >= 0.6 is 9.42 Å². The van der Waals surface area contributed by atoms with Crippen LogP contribution in [0.15, 0.2) is 43.0 Å². The molecule has 17 heavy (non-hydrogen) atoms. The van der Waals surface area contributed by atoms with Gasteiger partial charge in [0, 0.05) is 12.1 Å². The van der Waals surface area contributed by atoms with E-state index >= 15 is 0 Å². The molecule has 0 saturated carbocycles. The van der Waals surface area contributed by atoms with Gasteiger partial charge in [0.25, 0.3) is 5.69 Å². The van der Waals surface area contributed by atoms with Crippen molar-refractivity contribution in [2.24, 2.45) is 0 Å². The van der Waals surface area contributed by atoms with Crippen LogP contribution < -0.4 is 0 Å². The molecule has 0 N–H and O–H groups in total. The summed E-state index contributed by atoms with van der Waals surface area (Å²) < 4.78 is 0. The van der Waals surface area contributed by atoms with Gasteiger partial charge in [-0.2, -0.15) is 0 Å². The zero-order chi connectivity index (χ0) is 13.8. The molecule has 0 spiro atoms. The number of nitro benzene ring substituents is 1. The second-order valence-corrected chi connectivity index (χ2v) is 3.01. The molecule has 0 aliphatic heterocycles. The van der Waals surface area contributed by atoms with E-state index in [1.54, 1.807) is 37.0 Å². The third-order valence-electron chi connectivity index (χ3n) is 1.34. The van der Waals surface area contributed by atoms with Crippen molar-refractivity contribution in [3.8, 4) is 0 Å². The van der Waals surface area contributed by atoms with Gasteiger partial charge < -0.3 is 0 Å². The Morgan fingerprint density at radius 1 is 1.41 bits per heavy atom. The molecule has 1 aromatic carbocycles. The van der Waals surface area contributed by atoms with Crippen LogP contribution in [-0.4, -0.2) is 4.92 Å². The predicted molar refractivity (Wildman–Crippen MR) is 69.2 cm³/mol. The Morgan fingerprint density at radius 2 is 1.76 bits per heavy atom. The number of nitro groups is 1. The Hall–Kier alpha value is -0.922. The summed E-state index contributed by atoms with van der Waals surface area (Å²) in [5, 5.41) is 10.2. The molecule has 0 aliphatic rings. The number of rotatable bonds is 2. The van der Waals surface area contributed by atoms with Gasteiger partial charge in [-0.05, 0) is 31.5 Å². The average molecular weight is 435 g/mol. The number of hydrogen-bond acceptors (Lipinski definition) is 2. The Bertz CT molecular complexity index is 359. The standard InChI is InChI=1S/C8H7NO2.C4H7.ClH.Pt/c1-2-7-3-5-8(6-4-7)9(10)11;1-4(2)3;;/h2-6H,1H2;1-2H2,3H3;1H;/q;;;+1/p-1. The predicted octanol–water partition coefficient (Wildman–Crippen LogP) is 4.32. The van der Waals surface area contributed by atoms with E-state index in [-0.39, 0.29) is 5.69 Å². The Balaban J connectivity index is 0. The molecular formula is C12H14ClNO2Pt. The maximum absolute atomic E-state index is 10.2. The van der Waals surface area contributed by atoms with Crippen LogP contribution in [0, 0.1) is 17.0 Å². The average Bonchev–Trinajstić information content (AvgIpc) is 2.31. The Labute approximate surface area is 117 Å². The summed E-state index contributed by atoms with van der Waals surface area (Å²) >= 11 is 1.61. The van der Waals surface area contributed by atoms with Crippen molar-refractivity contribution >= 4 is 21.2 Å². The van der Waals surface area contributed by atoms with E-state index in [0.717, 1.165) is 11.1 Å². The van der Waals surface area contributed by atoms with Crippen LogP contribution in [-0.2, 0) is 18.8 Å². The first kappa shape index (κ1) is 18.4. The minimum absolute atomic E-state index is 0.107. The molecule has 5 heteroatoms. The zero-order valence-electron chi connectivity index (χ0n) is 9.47. The maximum atomic E-state index is 10.2. The van der Waals surface area contributed by atoms with E-state index in [4.69, 9.17) is 0 Å². The molecule has 1 aromatic rings. The van der Waals surface area contributed by atoms with Gasteiger partial charge in [0.2, 0.25) is 0 Å². The van der Waals surface area contributed by atoms with Gasteiger partial charge in [-0.25, -0.2) is 0 Å². The van der Waals surface area contributed by atoms with E-state index < -0.39 is 4.92 Å². The molecule has 3 nitrogen and oxygen atoms in total. The topological polar surface area (TPSA) is 43.1 Å². The van der Waals surface area contributed by atoms with Crippen molar-refractivity contribution in [1.29, 1.82) is 0 Å². The molecule has 1 rings (SSSR count). The van der Waals surface area contributed by atoms with Gasteiger partial charge in [0.1, 0.15) is 0 Å². The number of halogens is 1. The monoisotopic (exact) mass is 434 g/mol. The van der Waals surface area contributed by atoms with Gasteiger partial charge >= 0.3 is 28.2 Å². The number of nitrogens with zero attached hydrogens (tertiary/aromatic N) is 1. The van der Waals surface area contributed by atoms with Gasteiger partial charge in [0.15, 0.2) is 0 Å². The third-order valence-corrected chi connectivity index (χ3v) is 1.34. The van der Waals surface area contributed by atoms with E-state index in [1.807, 2.05) is 6.92 Å². The van der Waals surface area contributed by atoms with Crippen molar-refractivity contribution in [3.63, 3.8) is 0 Å². The second-order valence-electron chi connectivity index (χ2n) is 3.01.